The Morgan fingerprint density at radius 1 is 0.909 bits per heavy atom. The topological polar surface area (TPSA) is 93.0 Å². The number of hydroxylamine groups is 1. The number of amides is 2. The lowest BCUT2D eigenvalue weighted by Gasteiger charge is -2.28. The van der Waals surface area contributed by atoms with Crippen LogP contribution in [0.3, 0.4) is 0 Å². The third-order valence-corrected chi connectivity index (χ3v) is 6.15. The first-order chi connectivity index (χ1) is 16.0. The van der Waals surface area contributed by atoms with Crippen LogP contribution in [0.5, 0.6) is 0 Å². The number of carbonyl (C=O) groups is 2. The first kappa shape index (κ1) is 20.8. The van der Waals surface area contributed by atoms with Crippen molar-refractivity contribution < 1.29 is 19.3 Å². The maximum atomic E-state index is 13.5. The molecule has 0 N–H and O–H groups in total. The van der Waals surface area contributed by atoms with Gasteiger partial charge in [-0.1, -0.05) is 55.5 Å². The van der Waals surface area contributed by atoms with Crippen molar-refractivity contribution in [1.29, 1.82) is 0 Å². The van der Waals surface area contributed by atoms with Crippen molar-refractivity contribution in [2.45, 2.75) is 25.5 Å². The van der Waals surface area contributed by atoms with Crippen LogP contribution in [0, 0.1) is 16.0 Å². The van der Waals surface area contributed by atoms with Crippen LogP contribution in [0.15, 0.2) is 78.9 Å². The highest BCUT2D eigenvalue weighted by Crippen LogP contribution is 2.48. The zero-order valence-electron chi connectivity index (χ0n) is 17.8. The number of fused-ring (bicyclic) bond motifs is 1. The Labute approximate surface area is 190 Å². The van der Waals surface area contributed by atoms with Gasteiger partial charge in [-0.2, -0.15) is 0 Å². The molecule has 166 valence electrons. The molecular weight excluding hydrogens is 422 g/mol. The number of carbonyl (C=O) groups excluding carboxylic acids is 2. The third kappa shape index (κ3) is 3.44. The second kappa shape index (κ2) is 8.14. The summed E-state index contributed by atoms with van der Waals surface area (Å²) in [5.41, 5.74) is 2.73. The fourth-order valence-corrected chi connectivity index (χ4v) is 4.50. The third-order valence-electron chi connectivity index (χ3n) is 6.15. The van der Waals surface area contributed by atoms with Crippen molar-refractivity contribution in [1.82, 2.24) is 0 Å². The molecule has 0 aliphatic carbocycles. The summed E-state index contributed by atoms with van der Waals surface area (Å²) in [6, 6.07) is 21.9. The van der Waals surface area contributed by atoms with E-state index in [-0.39, 0.29) is 11.6 Å². The van der Waals surface area contributed by atoms with Crippen molar-refractivity contribution in [2.75, 3.05) is 9.96 Å². The predicted octanol–water partition coefficient (Wildman–Crippen LogP) is 4.21. The molecule has 33 heavy (non-hydrogen) atoms. The normalized spacial score (nSPS) is 22.0. The largest absolute Gasteiger partial charge is 0.273 e. The Kier molecular flexibility index (Phi) is 5.14. The van der Waals surface area contributed by atoms with E-state index in [1.165, 1.54) is 22.1 Å². The van der Waals surface area contributed by atoms with Gasteiger partial charge in [0.1, 0.15) is 5.92 Å². The van der Waals surface area contributed by atoms with E-state index in [9.17, 15) is 19.7 Å². The van der Waals surface area contributed by atoms with Crippen LogP contribution in [0.25, 0.3) is 0 Å². The number of anilines is 2. The zero-order chi connectivity index (χ0) is 23.1. The summed E-state index contributed by atoms with van der Waals surface area (Å²) in [5.74, 6) is -1.59. The number of hydrogen-bond donors (Lipinski definition) is 0. The molecule has 2 aliphatic rings. The maximum absolute atomic E-state index is 13.5. The van der Waals surface area contributed by atoms with Gasteiger partial charge in [0, 0.05) is 12.1 Å². The number of aryl methyl sites for hydroxylation is 1. The van der Waals surface area contributed by atoms with Crippen LogP contribution in [0.4, 0.5) is 17.1 Å². The zero-order valence-corrected chi connectivity index (χ0v) is 17.8. The van der Waals surface area contributed by atoms with Crippen LogP contribution in [-0.2, 0) is 20.8 Å². The van der Waals surface area contributed by atoms with E-state index >= 15 is 0 Å². The lowest BCUT2D eigenvalue weighted by molar-refractivity contribution is -0.384. The molecule has 2 heterocycles. The summed E-state index contributed by atoms with van der Waals surface area (Å²) in [7, 11) is 0. The van der Waals surface area contributed by atoms with Gasteiger partial charge in [-0.3, -0.25) is 24.5 Å². The van der Waals surface area contributed by atoms with Gasteiger partial charge in [0.2, 0.25) is 5.91 Å². The Morgan fingerprint density at radius 2 is 1.61 bits per heavy atom. The second-order valence-corrected chi connectivity index (χ2v) is 8.04. The minimum atomic E-state index is -1.02. The van der Waals surface area contributed by atoms with Gasteiger partial charge in [-0.05, 0) is 35.7 Å². The molecule has 2 fully saturated rings. The van der Waals surface area contributed by atoms with Gasteiger partial charge < -0.3 is 0 Å². The summed E-state index contributed by atoms with van der Waals surface area (Å²) in [4.78, 5) is 44.9. The van der Waals surface area contributed by atoms with Crippen LogP contribution in [0.1, 0.15) is 24.1 Å². The molecule has 3 aromatic carbocycles. The fraction of sp³-hybridized carbons (Fsp3) is 0.200. The van der Waals surface area contributed by atoms with E-state index in [1.807, 2.05) is 30.3 Å². The molecular formula is C25H21N3O5. The molecule has 0 radical (unpaired) electrons. The average molecular weight is 443 g/mol. The number of nitro groups is 1. The fourth-order valence-electron chi connectivity index (χ4n) is 4.50. The highest BCUT2D eigenvalue weighted by Gasteiger charge is 2.60. The molecule has 5 rings (SSSR count). The second-order valence-electron chi connectivity index (χ2n) is 8.04. The quantitative estimate of drug-likeness (QED) is 0.333. The Morgan fingerprint density at radius 3 is 2.27 bits per heavy atom. The Bertz CT molecular complexity index is 1230. The summed E-state index contributed by atoms with van der Waals surface area (Å²) in [5, 5.41) is 12.8. The van der Waals surface area contributed by atoms with E-state index < -0.39 is 28.9 Å². The van der Waals surface area contributed by atoms with Gasteiger partial charge in [0.05, 0.1) is 22.3 Å². The first-order valence-electron chi connectivity index (χ1n) is 10.7. The highest BCUT2D eigenvalue weighted by atomic mass is 16.7. The Balaban J connectivity index is 1.59. The van der Waals surface area contributed by atoms with E-state index in [1.54, 1.807) is 36.4 Å². The number of nitrogens with zero attached hydrogens (tertiary/aromatic N) is 3. The smallest absolute Gasteiger partial charge is 0.271 e. The lowest BCUT2D eigenvalue weighted by Crippen LogP contribution is -2.37. The van der Waals surface area contributed by atoms with Gasteiger partial charge >= 0.3 is 0 Å². The summed E-state index contributed by atoms with van der Waals surface area (Å²) in [6.45, 7) is 2.05. The van der Waals surface area contributed by atoms with Crippen molar-refractivity contribution in [3.05, 3.63) is 100 Å². The maximum Gasteiger partial charge on any atom is 0.271 e. The predicted molar refractivity (Wildman–Crippen MR) is 121 cm³/mol. The number of hydrogen-bond acceptors (Lipinski definition) is 6. The van der Waals surface area contributed by atoms with E-state index in [2.05, 4.69) is 6.92 Å². The van der Waals surface area contributed by atoms with E-state index in [0.29, 0.717) is 11.4 Å². The van der Waals surface area contributed by atoms with Gasteiger partial charge in [0.25, 0.3) is 11.6 Å². The molecule has 3 aromatic rings. The number of para-hydroxylation sites is 1. The first-order valence-corrected chi connectivity index (χ1v) is 10.7. The molecule has 0 spiro atoms. The van der Waals surface area contributed by atoms with Gasteiger partial charge in [-0.25, -0.2) is 9.96 Å². The standard InChI is InChI=1S/C25H21N3O5/c1-2-16-11-13-17(14-12-16)22-21-23(25(30)26(24(21)29)18-7-4-3-5-8-18)33-27(22)19-9-6-10-20(15-19)28(31)32/h3-15,21-23H,2H2,1H3/t21-,22+,23+/m0/s1. The summed E-state index contributed by atoms with van der Waals surface area (Å²) >= 11 is 0. The van der Waals surface area contributed by atoms with Gasteiger partial charge in [-0.15, -0.1) is 0 Å². The molecule has 0 bridgehead atoms. The number of imide groups is 1. The van der Waals surface area contributed by atoms with E-state index in [4.69, 9.17) is 4.84 Å². The minimum absolute atomic E-state index is 0.100. The van der Waals surface area contributed by atoms with Crippen molar-refractivity contribution in [2.24, 2.45) is 5.92 Å². The molecule has 8 nitrogen and oxygen atoms in total. The monoisotopic (exact) mass is 443 g/mol. The number of nitro benzene ring substituents is 1. The number of benzene rings is 3. The number of non-ortho nitro benzene ring substituents is 1. The lowest BCUT2D eigenvalue weighted by atomic mass is 9.90. The molecule has 0 saturated carbocycles. The SMILES string of the molecule is CCc1ccc([C@@H]2[C@@H]3C(=O)N(c4ccccc4)C(=O)[C@@H]3ON2c2cccc([N+](=O)[O-])c2)cc1. The van der Waals surface area contributed by atoms with Crippen molar-refractivity contribution in [3.8, 4) is 0 Å². The van der Waals surface area contributed by atoms with Crippen LogP contribution in [0.2, 0.25) is 0 Å². The molecule has 2 saturated heterocycles. The molecule has 8 heteroatoms. The average Bonchev–Trinajstić information content (AvgIpc) is 3.35. The Hall–Kier alpha value is -4.04. The van der Waals surface area contributed by atoms with Crippen LogP contribution >= 0.6 is 0 Å². The van der Waals surface area contributed by atoms with E-state index in [0.717, 1.165) is 17.5 Å². The van der Waals surface area contributed by atoms with Crippen molar-refractivity contribution in [3.63, 3.8) is 0 Å². The molecule has 0 aromatic heterocycles. The molecule has 2 amide bonds. The van der Waals surface area contributed by atoms with Gasteiger partial charge in [0.15, 0.2) is 6.10 Å². The minimum Gasteiger partial charge on any atom is -0.273 e. The molecule has 0 unspecified atom stereocenters. The highest BCUT2D eigenvalue weighted by molar-refractivity contribution is 6.23. The molecule has 2 aliphatic heterocycles. The van der Waals surface area contributed by atoms with Crippen molar-refractivity contribution >= 4 is 28.9 Å². The summed E-state index contributed by atoms with van der Waals surface area (Å²) < 4.78 is 0. The summed E-state index contributed by atoms with van der Waals surface area (Å²) in [6.07, 6.45) is -0.158. The van der Waals surface area contributed by atoms with Crippen LogP contribution in [-0.4, -0.2) is 22.8 Å². The number of rotatable bonds is 5. The molecule has 3 atom stereocenters. The van der Waals surface area contributed by atoms with Crippen LogP contribution < -0.4 is 9.96 Å².